The number of carbonyl (C=O) groups excluding carboxylic acids is 8. The van der Waals surface area contributed by atoms with Gasteiger partial charge in [0.1, 0.15) is 23.5 Å². The number of nitrogens with two attached hydrogens (primary N) is 1. The summed E-state index contributed by atoms with van der Waals surface area (Å²) in [6.07, 6.45) is 5.52. The van der Waals surface area contributed by atoms with E-state index in [1.165, 1.54) is 62.3 Å². The van der Waals surface area contributed by atoms with Gasteiger partial charge >= 0.3 is 6.09 Å². The third kappa shape index (κ3) is 16.0. The largest absolute Gasteiger partial charge is 0.493 e. The van der Waals surface area contributed by atoms with Gasteiger partial charge in [-0.15, -0.1) is 0 Å². The van der Waals surface area contributed by atoms with Crippen LogP contribution in [0.2, 0.25) is 0 Å². The van der Waals surface area contributed by atoms with Crippen molar-refractivity contribution in [2.75, 3.05) is 52.6 Å². The third-order valence-electron chi connectivity index (χ3n) is 14.2. The average Bonchev–Trinajstić information content (AvgIpc) is 1.61. The van der Waals surface area contributed by atoms with E-state index in [4.69, 9.17) is 20.1 Å². The third-order valence-corrected chi connectivity index (χ3v) is 15.4. The van der Waals surface area contributed by atoms with Crippen LogP contribution in [0, 0.1) is 0 Å². The fourth-order valence-electron chi connectivity index (χ4n) is 9.89. The number of unbranched alkanes of at least 4 members (excludes halogenated alkanes) is 1. The molecule has 0 fully saturated rings. The molecule has 0 bridgehead atoms. The number of para-hydroxylation sites is 1. The van der Waals surface area contributed by atoms with E-state index >= 15 is 0 Å². The van der Waals surface area contributed by atoms with E-state index in [-0.39, 0.29) is 90.6 Å². The van der Waals surface area contributed by atoms with Gasteiger partial charge in [-0.3, -0.25) is 43.0 Å². The second kappa shape index (κ2) is 28.5. The molecule has 9 N–H and O–H groups in total. The summed E-state index contributed by atoms with van der Waals surface area (Å²) < 4.78 is 59.5. The van der Waals surface area contributed by atoms with Crippen LogP contribution in [0.3, 0.4) is 0 Å². The summed E-state index contributed by atoms with van der Waals surface area (Å²) in [6, 6.07) is 19.9. The van der Waals surface area contributed by atoms with Crippen LogP contribution >= 0.6 is 0 Å². The highest BCUT2D eigenvalue weighted by Gasteiger charge is 2.53. The minimum Gasteiger partial charge on any atom is -0.493 e. The quantitative estimate of drug-likeness (QED) is 0.0197. The van der Waals surface area contributed by atoms with E-state index in [0.717, 1.165) is 11.1 Å². The number of imidazole rings is 1. The number of nitrogens with zero attached hydrogens (tertiary/aromatic N) is 5. The van der Waals surface area contributed by atoms with Crippen LogP contribution in [0.15, 0.2) is 110 Å². The molecule has 4 atom stereocenters. The summed E-state index contributed by atoms with van der Waals surface area (Å²) in [4.78, 5) is 117. The first-order valence-corrected chi connectivity index (χ1v) is 29.3. The van der Waals surface area contributed by atoms with Crippen molar-refractivity contribution in [3.63, 3.8) is 0 Å². The number of hydrogen-bond acceptors (Lipinski definition) is 16. The molecule has 0 saturated carbocycles. The first-order valence-electron chi connectivity index (χ1n) is 27.8. The fourth-order valence-corrected chi connectivity index (χ4v) is 11.0. The highest BCUT2D eigenvalue weighted by atomic mass is 32.2. The van der Waals surface area contributed by atoms with Gasteiger partial charge in [0.25, 0.3) is 21.9 Å². The summed E-state index contributed by atoms with van der Waals surface area (Å²) in [5, 5.41) is 14.0. The SMILES string of the molecule is COc1cc2c(cc1OCCCC(=O)Nc1ccc(-c3cc(C(=O)Nc4cn(C)cn4)n(C)c3)cc1)N(C(=O)Oc1ccc(NC(=O)[C@@H](C)NC(=O)[C@@H](C)NC(=O)CCCCC(=O)NCCCON)cc1)C(S(=O)(=O)O)[C@@H]1Cc3ccccc3N1C2=O. The zero-order valence-corrected chi connectivity index (χ0v) is 49.2. The fraction of sp³-hybridized carbons (Fsp3) is 0.339. The van der Waals surface area contributed by atoms with E-state index in [1.807, 2.05) is 6.20 Å². The Hall–Kier alpha value is -9.64. The van der Waals surface area contributed by atoms with Crippen LogP contribution in [0.4, 0.5) is 33.4 Å². The normalized spacial score (nSPS) is 14.9. The second-order valence-electron chi connectivity index (χ2n) is 20.7. The van der Waals surface area contributed by atoms with Crippen LogP contribution in [-0.2, 0) is 59.4 Å². The Morgan fingerprint density at radius 2 is 1.41 bits per heavy atom. The molecule has 2 aliphatic heterocycles. The number of methoxy groups -OCH3 is 1. The smallest absolute Gasteiger partial charge is 0.421 e. The lowest BCUT2D eigenvalue weighted by Crippen LogP contribution is -2.56. The lowest BCUT2D eigenvalue weighted by molar-refractivity contribution is -0.130. The summed E-state index contributed by atoms with van der Waals surface area (Å²) in [5.74, 6) is 1.96. The molecule has 2 aromatic heterocycles. The van der Waals surface area contributed by atoms with Gasteiger partial charge in [-0.25, -0.2) is 15.7 Å². The highest BCUT2D eigenvalue weighted by molar-refractivity contribution is 7.86. The molecule has 460 valence electrons. The average molecular weight is 1220 g/mol. The number of benzene rings is 4. The van der Waals surface area contributed by atoms with Crippen molar-refractivity contribution in [2.45, 2.75) is 88.7 Å². The molecule has 4 heterocycles. The number of amides is 8. The first-order chi connectivity index (χ1) is 41.6. The van der Waals surface area contributed by atoms with Gasteiger partial charge in [0.15, 0.2) is 22.7 Å². The second-order valence-corrected chi connectivity index (χ2v) is 22.2. The van der Waals surface area contributed by atoms with Crippen LogP contribution in [-0.4, -0.2) is 125 Å². The van der Waals surface area contributed by atoms with Crippen molar-refractivity contribution >= 4 is 86.1 Å². The van der Waals surface area contributed by atoms with Crippen LogP contribution < -0.4 is 61.8 Å². The van der Waals surface area contributed by atoms with Crippen molar-refractivity contribution in [2.24, 2.45) is 20.0 Å². The predicted molar refractivity (Wildman–Crippen MR) is 319 cm³/mol. The maximum atomic E-state index is 14.8. The Bertz CT molecular complexity index is 3650. The Morgan fingerprint density at radius 3 is 2.10 bits per heavy atom. The predicted octanol–water partition coefficient (Wildman–Crippen LogP) is 5.19. The van der Waals surface area contributed by atoms with Crippen molar-refractivity contribution in [3.05, 3.63) is 127 Å². The summed E-state index contributed by atoms with van der Waals surface area (Å²) in [7, 11) is -0.396. The standard InChI is InChI=1S/C59H68N12O15S/c1-35(63-52(73)15-9-8-14-51(72)61-25-11-27-85-60)54(75)64-36(2)55(76)66-41-21-23-42(24-22-41)86-59(79)71-45-31-49(48(83-5)30-43(45)57(78)70-44-13-7-6-12-38(44)28-47(70)58(71)87(80,81)82)84-26-10-16-53(74)65-40-19-17-37(18-20-40)39-29-46(69(4)32-39)56(77)67-50-33-68(3)34-62-50/h6-7,12-13,17-24,29-36,47,58H,8-11,14-16,25-28,60H2,1-5H3,(H,61,72)(H,63,73)(H,64,75)(H,65,74)(H,66,76)(H,67,77)(H,80,81,82)/t35-,36-,47+,58?/m1/s1. The molecule has 4 aromatic carbocycles. The van der Waals surface area contributed by atoms with Crippen molar-refractivity contribution in [1.29, 1.82) is 0 Å². The molecule has 8 rings (SSSR count). The lowest BCUT2D eigenvalue weighted by Gasteiger charge is -2.33. The molecule has 0 aliphatic carbocycles. The number of aromatic nitrogens is 3. The molecule has 0 saturated heterocycles. The number of fused-ring (bicyclic) bond motifs is 4. The number of nitrogens with one attached hydrogen (secondary N) is 6. The van der Waals surface area contributed by atoms with E-state index in [9.17, 15) is 51.3 Å². The number of rotatable bonds is 26. The van der Waals surface area contributed by atoms with Gasteiger partial charge in [-0.1, -0.05) is 30.3 Å². The zero-order chi connectivity index (χ0) is 62.5. The number of aryl methyl sites for hydroxylation is 2. The first kappa shape index (κ1) is 63.4. The molecule has 28 heteroatoms. The van der Waals surface area contributed by atoms with E-state index in [2.05, 4.69) is 41.7 Å². The van der Waals surface area contributed by atoms with Gasteiger partial charge in [0.2, 0.25) is 29.5 Å². The molecular formula is C59H68N12O15S. The molecule has 8 amide bonds. The number of hydrogen-bond donors (Lipinski definition) is 8. The van der Waals surface area contributed by atoms with E-state index < -0.39 is 63.3 Å². The molecule has 1 unspecified atom stereocenters. The van der Waals surface area contributed by atoms with Crippen molar-refractivity contribution in [3.8, 4) is 28.4 Å². The molecule has 2 aliphatic rings. The summed E-state index contributed by atoms with van der Waals surface area (Å²) in [6.45, 7) is 3.51. The highest BCUT2D eigenvalue weighted by Crippen LogP contribution is 2.46. The maximum absolute atomic E-state index is 14.8. The van der Waals surface area contributed by atoms with Crippen molar-refractivity contribution in [1.82, 2.24) is 30.1 Å². The maximum Gasteiger partial charge on any atom is 0.421 e. The Morgan fingerprint density at radius 1 is 0.736 bits per heavy atom. The number of ether oxygens (including phenoxy) is 3. The Kier molecular flexibility index (Phi) is 20.8. The van der Waals surface area contributed by atoms with Crippen molar-refractivity contribution < 1.29 is 70.4 Å². The molecule has 0 spiro atoms. The number of carbonyl (C=O) groups is 8. The van der Waals surface area contributed by atoms with Gasteiger partial charge < -0.3 is 65.0 Å². The van der Waals surface area contributed by atoms with Gasteiger partial charge in [-0.05, 0) is 112 Å². The summed E-state index contributed by atoms with van der Waals surface area (Å²) in [5.41, 5.74) is 3.11. The Labute approximate surface area is 500 Å². The lowest BCUT2D eigenvalue weighted by atomic mass is 10.1. The molecule has 27 nitrogen and oxygen atoms in total. The number of anilines is 5. The van der Waals surface area contributed by atoms with Gasteiger partial charge in [0.05, 0.1) is 43.9 Å². The monoisotopic (exact) mass is 1220 g/mol. The molecule has 0 radical (unpaired) electrons. The van der Waals surface area contributed by atoms with Crippen LogP contribution in [0.5, 0.6) is 17.2 Å². The van der Waals surface area contributed by atoms with Crippen LogP contribution in [0.1, 0.15) is 85.2 Å². The van der Waals surface area contributed by atoms with Crippen LogP contribution in [0.25, 0.3) is 11.1 Å². The van der Waals surface area contributed by atoms with Gasteiger partial charge in [0, 0.05) is 81.0 Å². The van der Waals surface area contributed by atoms with E-state index in [0.29, 0.717) is 65.8 Å². The zero-order valence-electron chi connectivity index (χ0n) is 48.4. The molecule has 87 heavy (non-hydrogen) atoms. The molecular weight excluding hydrogens is 1150 g/mol. The topological polar surface area (TPSA) is 355 Å². The molecule has 6 aromatic rings. The minimum atomic E-state index is -5.27. The summed E-state index contributed by atoms with van der Waals surface area (Å²) >= 11 is 0. The van der Waals surface area contributed by atoms with Gasteiger partial charge in [-0.2, -0.15) is 8.42 Å². The Balaban J connectivity index is 0.901. The van der Waals surface area contributed by atoms with E-state index in [1.54, 1.807) is 90.4 Å². The minimum absolute atomic E-state index is 0.0143.